The summed E-state index contributed by atoms with van der Waals surface area (Å²) >= 11 is 1.43. The third kappa shape index (κ3) is 3.19. The lowest BCUT2D eigenvalue weighted by atomic mass is 10.1. The third-order valence-electron chi connectivity index (χ3n) is 2.76. The molecule has 0 amide bonds. The van der Waals surface area contributed by atoms with E-state index < -0.39 is 0 Å². The summed E-state index contributed by atoms with van der Waals surface area (Å²) in [5, 5.41) is 9.15. The number of para-hydroxylation sites is 1. The fraction of sp³-hybridized carbons (Fsp3) is 0.357. The lowest BCUT2D eigenvalue weighted by Gasteiger charge is -2.12. The number of rotatable bonds is 5. The van der Waals surface area contributed by atoms with Crippen molar-refractivity contribution in [3.05, 3.63) is 23.8 Å². The van der Waals surface area contributed by atoms with Gasteiger partial charge in [-0.25, -0.2) is 0 Å². The lowest BCUT2D eigenvalue weighted by Crippen LogP contribution is -2.06. The number of thioether (sulfide) groups is 1. The first-order valence-electron chi connectivity index (χ1n) is 6.12. The molecule has 5 nitrogen and oxygen atoms in total. The van der Waals surface area contributed by atoms with Crippen molar-refractivity contribution in [1.29, 1.82) is 0 Å². The highest BCUT2D eigenvalue weighted by atomic mass is 32.2. The minimum atomic E-state index is 0.130. The Morgan fingerprint density at radius 2 is 2.10 bits per heavy atom. The van der Waals surface area contributed by atoms with E-state index in [-0.39, 0.29) is 5.78 Å². The number of ether oxygens (including phenoxy) is 2. The summed E-state index contributed by atoms with van der Waals surface area (Å²) in [4.78, 5) is 11.0. The van der Waals surface area contributed by atoms with Gasteiger partial charge in [-0.2, -0.15) is 5.10 Å². The Bertz CT molecular complexity index is 582. The molecule has 0 saturated heterocycles. The van der Waals surface area contributed by atoms with Crippen molar-refractivity contribution in [2.24, 2.45) is 10.2 Å². The van der Waals surface area contributed by atoms with E-state index in [2.05, 4.69) is 10.2 Å². The van der Waals surface area contributed by atoms with Gasteiger partial charge in [0.1, 0.15) is 10.8 Å². The van der Waals surface area contributed by atoms with Crippen LogP contribution < -0.4 is 9.47 Å². The fourth-order valence-electron chi connectivity index (χ4n) is 1.86. The molecule has 0 fully saturated rings. The second-order valence-electron chi connectivity index (χ2n) is 4.25. The first-order chi connectivity index (χ1) is 9.65. The molecule has 0 unspecified atom stereocenters. The topological polar surface area (TPSA) is 60.2 Å². The van der Waals surface area contributed by atoms with Crippen molar-refractivity contribution in [3.8, 4) is 11.5 Å². The monoisotopic (exact) mass is 292 g/mol. The quantitative estimate of drug-likeness (QED) is 0.836. The number of hydrogen-bond donors (Lipinski definition) is 0. The first kappa shape index (κ1) is 14.6. The van der Waals surface area contributed by atoms with Crippen LogP contribution in [0.4, 0.5) is 0 Å². The number of Topliss-reactive ketones (excluding diaryl/α,β-unsaturated/α-hetero) is 1. The van der Waals surface area contributed by atoms with E-state index in [0.717, 1.165) is 16.3 Å². The van der Waals surface area contributed by atoms with Crippen LogP contribution >= 0.6 is 11.8 Å². The van der Waals surface area contributed by atoms with Gasteiger partial charge in [0.2, 0.25) is 0 Å². The Balaban J connectivity index is 2.14. The van der Waals surface area contributed by atoms with Crippen LogP contribution in [0.5, 0.6) is 11.5 Å². The Kier molecular flexibility index (Phi) is 4.79. The molecule has 106 valence electrons. The zero-order chi connectivity index (χ0) is 14.5. The van der Waals surface area contributed by atoms with Crippen molar-refractivity contribution in [2.75, 3.05) is 20.0 Å². The van der Waals surface area contributed by atoms with E-state index in [0.29, 0.717) is 23.7 Å². The number of benzene rings is 1. The Morgan fingerprint density at radius 3 is 2.75 bits per heavy atom. The van der Waals surface area contributed by atoms with Crippen LogP contribution in [0.2, 0.25) is 0 Å². The Morgan fingerprint density at radius 1 is 1.30 bits per heavy atom. The molecule has 1 aromatic carbocycles. The van der Waals surface area contributed by atoms with Crippen LogP contribution in [-0.2, 0) is 4.79 Å². The summed E-state index contributed by atoms with van der Waals surface area (Å²) < 4.78 is 10.7. The summed E-state index contributed by atoms with van der Waals surface area (Å²) in [7, 11) is 3.20. The molecule has 1 aliphatic heterocycles. The van der Waals surface area contributed by atoms with E-state index in [9.17, 15) is 4.79 Å². The molecule has 0 spiro atoms. The molecule has 6 heteroatoms. The van der Waals surface area contributed by atoms with Crippen LogP contribution in [0.3, 0.4) is 0 Å². The van der Waals surface area contributed by atoms with Gasteiger partial charge in [-0.3, -0.25) is 4.79 Å². The maximum Gasteiger partial charge on any atom is 0.169 e. The predicted molar refractivity (Wildman–Crippen MR) is 81.3 cm³/mol. The summed E-state index contributed by atoms with van der Waals surface area (Å²) in [5.41, 5.74) is 1.70. The van der Waals surface area contributed by atoms with Crippen LogP contribution in [0.1, 0.15) is 18.9 Å². The maximum absolute atomic E-state index is 11.0. The number of hydrogen-bond acceptors (Lipinski definition) is 6. The van der Waals surface area contributed by atoms with Crippen molar-refractivity contribution in [3.63, 3.8) is 0 Å². The molecule has 0 aromatic heterocycles. The van der Waals surface area contributed by atoms with Gasteiger partial charge in [0.25, 0.3) is 0 Å². The highest BCUT2D eigenvalue weighted by Crippen LogP contribution is 2.33. The Labute approximate surface area is 122 Å². The average molecular weight is 292 g/mol. The molecule has 0 aliphatic carbocycles. The molecule has 1 aromatic rings. The summed E-state index contributed by atoms with van der Waals surface area (Å²) in [6.45, 7) is 1.56. The maximum atomic E-state index is 11.0. The molecular weight excluding hydrogens is 276 g/mol. The van der Waals surface area contributed by atoms with E-state index in [1.807, 2.05) is 18.2 Å². The molecule has 1 heterocycles. The zero-order valence-electron chi connectivity index (χ0n) is 11.7. The van der Waals surface area contributed by atoms with Gasteiger partial charge in [-0.15, -0.1) is 16.9 Å². The fourth-order valence-corrected chi connectivity index (χ4v) is 2.57. The molecule has 0 atom stereocenters. The Hall–Kier alpha value is -1.82. The standard InChI is InChI=1S/C14H16N2O3S/c1-9(17)8-20-13-7-11(15-16-13)10-5-4-6-12(18-2)14(10)19-3/h4-6H,7-8H2,1-3H3. The van der Waals surface area contributed by atoms with Gasteiger partial charge in [0.05, 0.1) is 25.7 Å². The summed E-state index contributed by atoms with van der Waals surface area (Å²) in [6.07, 6.45) is 0.613. The van der Waals surface area contributed by atoms with Crippen molar-refractivity contribution >= 4 is 28.3 Å². The molecular formula is C14H16N2O3S. The van der Waals surface area contributed by atoms with E-state index in [1.54, 1.807) is 21.1 Å². The van der Waals surface area contributed by atoms with Crippen LogP contribution in [-0.4, -0.2) is 36.5 Å². The smallest absolute Gasteiger partial charge is 0.169 e. The number of ketones is 1. The number of carbonyl (C=O) groups is 1. The molecule has 2 rings (SSSR count). The van der Waals surface area contributed by atoms with Crippen LogP contribution in [0.15, 0.2) is 28.4 Å². The second-order valence-corrected chi connectivity index (χ2v) is 5.30. The molecule has 0 bridgehead atoms. The second kappa shape index (κ2) is 6.56. The number of nitrogens with zero attached hydrogens (tertiary/aromatic N) is 2. The molecule has 0 N–H and O–H groups in total. The van der Waals surface area contributed by atoms with Gasteiger partial charge in [-0.1, -0.05) is 6.07 Å². The van der Waals surface area contributed by atoms with Crippen molar-refractivity contribution < 1.29 is 14.3 Å². The van der Waals surface area contributed by atoms with Gasteiger partial charge in [-0.05, 0) is 19.1 Å². The highest BCUT2D eigenvalue weighted by molar-refractivity contribution is 8.14. The molecule has 20 heavy (non-hydrogen) atoms. The van der Waals surface area contributed by atoms with Crippen molar-refractivity contribution in [1.82, 2.24) is 0 Å². The van der Waals surface area contributed by atoms with Crippen LogP contribution in [0.25, 0.3) is 0 Å². The van der Waals surface area contributed by atoms with Gasteiger partial charge < -0.3 is 9.47 Å². The lowest BCUT2D eigenvalue weighted by molar-refractivity contribution is -0.114. The molecule has 1 aliphatic rings. The SMILES string of the molecule is COc1cccc(C2=NN=C(SCC(C)=O)C2)c1OC. The van der Waals surface area contributed by atoms with E-state index in [4.69, 9.17) is 9.47 Å². The highest BCUT2D eigenvalue weighted by Gasteiger charge is 2.20. The van der Waals surface area contributed by atoms with Gasteiger partial charge in [0.15, 0.2) is 11.5 Å². The summed E-state index contributed by atoms with van der Waals surface area (Å²) in [6, 6.07) is 5.65. The summed E-state index contributed by atoms with van der Waals surface area (Å²) in [5.74, 6) is 1.88. The predicted octanol–water partition coefficient (Wildman–Crippen LogP) is 2.53. The van der Waals surface area contributed by atoms with E-state index >= 15 is 0 Å². The minimum absolute atomic E-state index is 0.130. The molecule has 0 radical (unpaired) electrons. The van der Waals surface area contributed by atoms with Crippen molar-refractivity contribution in [2.45, 2.75) is 13.3 Å². The van der Waals surface area contributed by atoms with Gasteiger partial charge in [0, 0.05) is 12.0 Å². The van der Waals surface area contributed by atoms with Gasteiger partial charge >= 0.3 is 0 Å². The number of methoxy groups -OCH3 is 2. The largest absolute Gasteiger partial charge is 0.493 e. The zero-order valence-corrected chi connectivity index (χ0v) is 12.5. The minimum Gasteiger partial charge on any atom is -0.493 e. The third-order valence-corrected chi connectivity index (χ3v) is 3.87. The number of carbonyl (C=O) groups excluding carboxylic acids is 1. The van der Waals surface area contributed by atoms with Crippen LogP contribution in [0, 0.1) is 0 Å². The first-order valence-corrected chi connectivity index (χ1v) is 7.11. The average Bonchev–Trinajstić information content (AvgIpc) is 2.92. The molecule has 0 saturated carbocycles. The van der Waals surface area contributed by atoms with E-state index in [1.165, 1.54) is 11.8 Å². The normalized spacial score (nSPS) is 13.8.